The third-order valence-electron chi connectivity index (χ3n) is 8.22. The van der Waals surface area contributed by atoms with Crippen molar-refractivity contribution >= 4 is 17.1 Å². The van der Waals surface area contributed by atoms with Gasteiger partial charge in [0.25, 0.3) is 0 Å². The Morgan fingerprint density at radius 1 is 0.520 bits per heavy atom. The third kappa shape index (κ3) is 7.49. The van der Waals surface area contributed by atoms with E-state index in [1.807, 2.05) is 111 Å². The minimum atomic E-state index is -1.66. The van der Waals surface area contributed by atoms with Crippen molar-refractivity contribution in [3.63, 3.8) is 0 Å². The highest BCUT2D eigenvalue weighted by Gasteiger charge is 2.25. The van der Waals surface area contributed by atoms with Crippen molar-refractivity contribution < 1.29 is 22.6 Å². The number of halogens is 3. The number of para-hydroxylation sites is 2. The molecule has 8 heteroatoms. The van der Waals surface area contributed by atoms with Crippen molar-refractivity contribution in [1.29, 1.82) is 0 Å². The van der Waals surface area contributed by atoms with E-state index >= 15 is 13.2 Å². The van der Waals surface area contributed by atoms with Gasteiger partial charge >= 0.3 is 0 Å². The van der Waals surface area contributed by atoms with E-state index in [1.165, 1.54) is 6.20 Å². The maximum Gasteiger partial charge on any atom is 0.219 e. The fourth-order valence-electron chi connectivity index (χ4n) is 5.47. The van der Waals surface area contributed by atoms with Crippen LogP contribution >= 0.6 is 0 Å². The number of pyridine rings is 2. The summed E-state index contributed by atoms with van der Waals surface area (Å²) in [4.78, 5) is 10.7. The minimum absolute atomic E-state index is 0.119. The lowest BCUT2D eigenvalue weighted by atomic mass is 9.87. The fourth-order valence-corrected chi connectivity index (χ4v) is 5.47. The first-order chi connectivity index (χ1) is 23.8. The number of ether oxygens (including phenoxy) is 2. The number of nitrogens with zero attached hydrogens (tertiary/aromatic N) is 3. The quantitative estimate of drug-likeness (QED) is 0.151. The second-order valence-electron chi connectivity index (χ2n) is 14.0. The molecule has 5 nitrogen and oxygen atoms in total. The summed E-state index contributed by atoms with van der Waals surface area (Å²) in [6.07, 6.45) is 3.20. The zero-order valence-electron chi connectivity index (χ0n) is 28.8. The van der Waals surface area contributed by atoms with Crippen molar-refractivity contribution in [2.24, 2.45) is 0 Å². The minimum Gasteiger partial charge on any atom is -0.454 e. The average molecular weight is 674 g/mol. The molecule has 0 aliphatic heterocycles. The first-order valence-electron chi connectivity index (χ1n) is 16.3. The van der Waals surface area contributed by atoms with Gasteiger partial charge in [-0.1, -0.05) is 77.9 Å². The van der Waals surface area contributed by atoms with Gasteiger partial charge in [-0.3, -0.25) is 4.98 Å². The SMILES string of the molecule is CC(C)(C)c1ccnc(Oc2cc(Oc3cc(-c4cc(C(C)(C)C)ccn4)c(F)c(F)c3F)cc(N(c3ccccc3)c3ccccc3)c2)c1. The molecule has 50 heavy (non-hydrogen) atoms. The molecule has 2 aromatic heterocycles. The lowest BCUT2D eigenvalue weighted by Gasteiger charge is -2.26. The highest BCUT2D eigenvalue weighted by atomic mass is 19.2. The summed E-state index contributed by atoms with van der Waals surface area (Å²) < 4.78 is 58.4. The highest BCUT2D eigenvalue weighted by Crippen LogP contribution is 2.42. The molecule has 0 radical (unpaired) electrons. The molecular formula is C42H38F3N3O2. The lowest BCUT2D eigenvalue weighted by Crippen LogP contribution is -2.11. The number of hydrogen-bond donors (Lipinski definition) is 0. The molecule has 0 aliphatic rings. The van der Waals surface area contributed by atoms with Crippen molar-refractivity contribution in [3.8, 4) is 34.4 Å². The van der Waals surface area contributed by atoms with Crippen molar-refractivity contribution in [2.75, 3.05) is 4.90 Å². The Labute approximate surface area is 291 Å². The topological polar surface area (TPSA) is 47.5 Å². The van der Waals surface area contributed by atoms with Crippen LogP contribution in [0.2, 0.25) is 0 Å². The van der Waals surface area contributed by atoms with Crippen LogP contribution in [0.3, 0.4) is 0 Å². The van der Waals surface area contributed by atoms with E-state index in [-0.39, 0.29) is 27.8 Å². The number of anilines is 3. The Morgan fingerprint density at radius 3 is 1.64 bits per heavy atom. The van der Waals surface area contributed by atoms with E-state index in [1.54, 1.807) is 24.4 Å². The van der Waals surface area contributed by atoms with Crippen LogP contribution in [-0.4, -0.2) is 9.97 Å². The maximum absolute atomic E-state index is 15.5. The largest absolute Gasteiger partial charge is 0.454 e. The Bertz CT molecular complexity index is 2090. The number of benzene rings is 4. The summed E-state index contributed by atoms with van der Waals surface area (Å²) in [7, 11) is 0. The summed E-state index contributed by atoms with van der Waals surface area (Å²) in [5.41, 5.74) is 3.63. The summed E-state index contributed by atoms with van der Waals surface area (Å²) in [6.45, 7) is 12.3. The van der Waals surface area contributed by atoms with Gasteiger partial charge in [0.1, 0.15) is 11.5 Å². The molecular weight excluding hydrogens is 635 g/mol. The zero-order valence-corrected chi connectivity index (χ0v) is 28.8. The molecule has 0 saturated carbocycles. The third-order valence-corrected chi connectivity index (χ3v) is 8.22. The van der Waals surface area contributed by atoms with Gasteiger partial charge in [-0.05, 0) is 70.5 Å². The summed E-state index contributed by atoms with van der Waals surface area (Å²) >= 11 is 0. The monoisotopic (exact) mass is 673 g/mol. The molecule has 0 bridgehead atoms. The van der Waals surface area contributed by atoms with Crippen LogP contribution in [0.4, 0.5) is 30.2 Å². The van der Waals surface area contributed by atoms with Crippen LogP contribution in [0.1, 0.15) is 52.7 Å². The molecule has 6 rings (SSSR count). The van der Waals surface area contributed by atoms with Gasteiger partial charge in [-0.15, -0.1) is 0 Å². The van der Waals surface area contributed by atoms with Crippen molar-refractivity contribution in [2.45, 2.75) is 52.4 Å². The van der Waals surface area contributed by atoms with E-state index in [4.69, 9.17) is 9.47 Å². The smallest absolute Gasteiger partial charge is 0.219 e. The van der Waals surface area contributed by atoms with Crippen LogP contribution in [0.15, 0.2) is 122 Å². The first kappa shape index (κ1) is 34.2. The van der Waals surface area contributed by atoms with Gasteiger partial charge in [-0.25, -0.2) is 13.8 Å². The summed E-state index contributed by atoms with van der Waals surface area (Å²) in [5.74, 6) is -4.19. The maximum atomic E-state index is 15.5. The van der Waals surface area contributed by atoms with Gasteiger partial charge in [0.2, 0.25) is 11.7 Å². The molecule has 0 unspecified atom stereocenters. The number of rotatable bonds is 8. The Morgan fingerprint density at radius 2 is 1.06 bits per heavy atom. The molecule has 0 N–H and O–H groups in total. The molecule has 0 saturated heterocycles. The van der Waals surface area contributed by atoms with Crippen molar-refractivity contribution in [1.82, 2.24) is 9.97 Å². The second kappa shape index (κ2) is 13.7. The molecule has 6 aromatic rings. The molecule has 0 amide bonds. The van der Waals surface area contributed by atoms with E-state index < -0.39 is 23.2 Å². The van der Waals surface area contributed by atoms with Crippen LogP contribution in [0.5, 0.6) is 23.1 Å². The zero-order chi connectivity index (χ0) is 35.6. The van der Waals surface area contributed by atoms with Gasteiger partial charge in [0, 0.05) is 53.6 Å². The van der Waals surface area contributed by atoms with Gasteiger partial charge in [0.15, 0.2) is 17.4 Å². The predicted molar refractivity (Wildman–Crippen MR) is 192 cm³/mol. The van der Waals surface area contributed by atoms with Crippen LogP contribution in [-0.2, 0) is 10.8 Å². The number of hydrogen-bond acceptors (Lipinski definition) is 5. The normalized spacial score (nSPS) is 11.7. The molecule has 0 spiro atoms. The molecule has 2 heterocycles. The van der Waals surface area contributed by atoms with E-state index in [0.717, 1.165) is 28.6 Å². The molecule has 0 atom stereocenters. The number of aromatic nitrogens is 2. The predicted octanol–water partition coefficient (Wildman–Crippen LogP) is 12.2. The van der Waals surface area contributed by atoms with Gasteiger partial charge in [-0.2, -0.15) is 4.39 Å². The van der Waals surface area contributed by atoms with Crippen LogP contribution in [0.25, 0.3) is 11.3 Å². The summed E-state index contributed by atoms with van der Waals surface area (Å²) in [5, 5.41) is 0. The first-order valence-corrected chi connectivity index (χ1v) is 16.3. The van der Waals surface area contributed by atoms with Gasteiger partial charge < -0.3 is 14.4 Å². The summed E-state index contributed by atoms with van der Waals surface area (Å²) in [6, 6.07) is 32.8. The molecule has 4 aromatic carbocycles. The standard InChI is InChI=1S/C42H38F3N3O2/c1-41(2,3)27-17-19-46-35(21-27)34-26-36(39(44)40(45)38(34)43)49-32-23-31(48(29-13-9-7-10-14-29)30-15-11-8-12-16-30)24-33(25-32)50-37-22-28(18-20-47-37)42(4,5)6/h7-26H,1-6H3. The highest BCUT2D eigenvalue weighted by molar-refractivity contribution is 5.78. The Hall–Kier alpha value is -5.63. The molecule has 254 valence electrons. The fraction of sp³-hybridized carbons (Fsp3) is 0.190. The Kier molecular flexibility index (Phi) is 9.39. The molecule has 0 aliphatic carbocycles. The average Bonchev–Trinajstić information content (AvgIpc) is 3.09. The Balaban J connectivity index is 1.49. The van der Waals surface area contributed by atoms with Crippen molar-refractivity contribution in [3.05, 3.63) is 150 Å². The van der Waals surface area contributed by atoms with Crippen LogP contribution < -0.4 is 14.4 Å². The van der Waals surface area contributed by atoms with Gasteiger partial charge in [0.05, 0.1) is 11.4 Å². The second-order valence-corrected chi connectivity index (χ2v) is 14.0. The van der Waals surface area contributed by atoms with E-state index in [9.17, 15) is 0 Å². The van der Waals surface area contributed by atoms with Crippen LogP contribution in [0, 0.1) is 17.5 Å². The van der Waals surface area contributed by atoms with E-state index in [0.29, 0.717) is 17.3 Å². The van der Waals surface area contributed by atoms with E-state index in [2.05, 4.69) is 30.7 Å². The lowest BCUT2D eigenvalue weighted by molar-refractivity contribution is 0.393. The molecule has 0 fully saturated rings.